The zero-order chi connectivity index (χ0) is 15.4. The van der Waals surface area contributed by atoms with Gasteiger partial charge in [0.25, 0.3) is 0 Å². The van der Waals surface area contributed by atoms with E-state index in [0.29, 0.717) is 18.7 Å². The maximum Gasteiger partial charge on any atom is 0.410 e. The van der Waals surface area contributed by atoms with Crippen molar-refractivity contribution in [1.29, 1.82) is 0 Å². The Labute approximate surface area is 124 Å². The zero-order valence-electron chi connectivity index (χ0n) is 12.6. The van der Waals surface area contributed by atoms with Crippen LogP contribution in [-0.2, 0) is 4.74 Å². The number of nitrogens with two attached hydrogens (primary N) is 1. The summed E-state index contributed by atoms with van der Waals surface area (Å²) < 4.78 is 19.5. The number of carbonyl (C=O) groups excluding carboxylic acids is 1. The molecule has 1 unspecified atom stereocenters. The summed E-state index contributed by atoms with van der Waals surface area (Å²) in [5, 5.41) is 0. The van der Waals surface area contributed by atoms with E-state index in [9.17, 15) is 9.18 Å². The van der Waals surface area contributed by atoms with E-state index in [2.05, 4.69) is 0 Å². The number of fused-ring (bicyclic) bond motifs is 3. The lowest BCUT2D eigenvalue weighted by molar-refractivity contribution is 0.0284. The van der Waals surface area contributed by atoms with Gasteiger partial charge in [0.05, 0.1) is 0 Å². The number of amides is 1. The molecule has 3 atom stereocenters. The first-order chi connectivity index (χ1) is 9.78. The summed E-state index contributed by atoms with van der Waals surface area (Å²) >= 11 is 0. The van der Waals surface area contributed by atoms with Crippen molar-refractivity contribution < 1.29 is 13.9 Å². The molecular weight excluding hydrogens is 271 g/mol. The maximum atomic E-state index is 14.1. The van der Waals surface area contributed by atoms with Gasteiger partial charge in [-0.15, -0.1) is 0 Å². The highest BCUT2D eigenvalue weighted by Crippen LogP contribution is 2.49. The fraction of sp³-hybridized carbons (Fsp3) is 0.562. The van der Waals surface area contributed by atoms with Crippen LogP contribution in [-0.4, -0.2) is 29.7 Å². The van der Waals surface area contributed by atoms with E-state index in [1.54, 1.807) is 11.0 Å². The lowest BCUT2D eigenvalue weighted by Gasteiger charge is -2.25. The van der Waals surface area contributed by atoms with Crippen LogP contribution in [0.2, 0.25) is 0 Å². The predicted octanol–water partition coefficient (Wildman–Crippen LogP) is 2.79. The van der Waals surface area contributed by atoms with Crippen LogP contribution in [0.4, 0.5) is 9.18 Å². The van der Waals surface area contributed by atoms with Gasteiger partial charge in [0.1, 0.15) is 11.4 Å². The summed E-state index contributed by atoms with van der Waals surface area (Å²) in [7, 11) is 0. The molecule has 0 radical (unpaired) electrons. The number of hydrogen-bond acceptors (Lipinski definition) is 3. The van der Waals surface area contributed by atoms with Crippen molar-refractivity contribution in [3.63, 3.8) is 0 Å². The molecule has 4 nitrogen and oxygen atoms in total. The van der Waals surface area contributed by atoms with Crippen LogP contribution in [0, 0.1) is 11.7 Å². The minimum absolute atomic E-state index is 0.0243. The van der Waals surface area contributed by atoms with Gasteiger partial charge >= 0.3 is 6.09 Å². The van der Waals surface area contributed by atoms with Gasteiger partial charge in [0.2, 0.25) is 0 Å². The van der Waals surface area contributed by atoms with E-state index >= 15 is 0 Å². The van der Waals surface area contributed by atoms with E-state index in [4.69, 9.17) is 10.5 Å². The van der Waals surface area contributed by atoms with E-state index in [0.717, 1.165) is 5.56 Å². The molecule has 114 valence electrons. The number of halogens is 1. The minimum Gasteiger partial charge on any atom is -0.444 e. The molecule has 1 aliphatic heterocycles. The van der Waals surface area contributed by atoms with E-state index in [1.165, 1.54) is 6.07 Å². The Balaban J connectivity index is 1.82. The number of rotatable bonds is 0. The largest absolute Gasteiger partial charge is 0.444 e. The Morgan fingerprint density at radius 1 is 1.38 bits per heavy atom. The SMILES string of the molecule is CC(C)(C)OC(=O)N1C[C@H]2c3c(F)cccc3C(N)[C@@H]2C1. The topological polar surface area (TPSA) is 55.6 Å². The molecule has 1 aromatic rings. The third kappa shape index (κ3) is 2.39. The van der Waals surface area contributed by atoms with Crippen LogP contribution in [0.5, 0.6) is 0 Å². The van der Waals surface area contributed by atoms with E-state index < -0.39 is 5.60 Å². The van der Waals surface area contributed by atoms with Gasteiger partial charge in [-0.2, -0.15) is 0 Å². The lowest BCUT2D eigenvalue weighted by atomic mass is 9.95. The summed E-state index contributed by atoms with van der Waals surface area (Å²) in [5.74, 6) is -0.172. The Morgan fingerprint density at radius 2 is 2.10 bits per heavy atom. The molecule has 1 heterocycles. The van der Waals surface area contributed by atoms with Crippen LogP contribution in [0.15, 0.2) is 18.2 Å². The summed E-state index contributed by atoms with van der Waals surface area (Å²) in [5.41, 5.74) is 7.28. The van der Waals surface area contributed by atoms with E-state index in [-0.39, 0.29) is 29.8 Å². The third-order valence-corrected chi connectivity index (χ3v) is 4.29. The van der Waals surface area contributed by atoms with Crippen LogP contribution in [0.1, 0.15) is 43.9 Å². The highest BCUT2D eigenvalue weighted by molar-refractivity contribution is 5.69. The monoisotopic (exact) mass is 292 g/mol. The molecule has 3 rings (SSSR count). The number of ether oxygens (including phenoxy) is 1. The molecular formula is C16H21FN2O2. The standard InChI is InChI=1S/C16H21FN2O2/c1-16(2,3)21-15(20)19-7-10-11(8-19)14(18)9-5-4-6-12(17)13(9)10/h4-6,10-11,14H,7-8,18H2,1-3H3/t10-,11-,14?/m1/s1. The number of hydrogen-bond donors (Lipinski definition) is 1. The van der Waals surface area contributed by atoms with Crippen molar-refractivity contribution in [3.05, 3.63) is 35.1 Å². The van der Waals surface area contributed by atoms with Crippen molar-refractivity contribution in [2.45, 2.75) is 38.3 Å². The highest BCUT2D eigenvalue weighted by atomic mass is 19.1. The summed E-state index contributed by atoms with van der Waals surface area (Å²) in [6.45, 7) is 6.50. The second kappa shape index (κ2) is 4.70. The number of nitrogens with zero attached hydrogens (tertiary/aromatic N) is 1. The molecule has 1 amide bonds. The molecule has 0 spiro atoms. The molecule has 1 aliphatic carbocycles. The summed E-state index contributed by atoms with van der Waals surface area (Å²) in [4.78, 5) is 13.8. The lowest BCUT2D eigenvalue weighted by Crippen LogP contribution is -2.36. The number of carbonyl (C=O) groups is 1. The fourth-order valence-corrected chi connectivity index (χ4v) is 3.44. The minimum atomic E-state index is -0.528. The van der Waals surface area contributed by atoms with Crippen LogP contribution in [0.25, 0.3) is 0 Å². The van der Waals surface area contributed by atoms with Gasteiger partial charge in [0.15, 0.2) is 0 Å². The zero-order valence-corrected chi connectivity index (χ0v) is 12.6. The third-order valence-electron chi connectivity index (χ3n) is 4.29. The average molecular weight is 292 g/mol. The van der Waals surface area contributed by atoms with Gasteiger partial charge in [-0.25, -0.2) is 9.18 Å². The molecule has 5 heteroatoms. The first-order valence-corrected chi connectivity index (χ1v) is 7.30. The molecule has 1 saturated heterocycles. The predicted molar refractivity (Wildman–Crippen MR) is 77.4 cm³/mol. The quantitative estimate of drug-likeness (QED) is 0.800. The van der Waals surface area contributed by atoms with Gasteiger partial charge < -0.3 is 15.4 Å². The molecule has 2 N–H and O–H groups in total. The average Bonchev–Trinajstić information content (AvgIpc) is 2.89. The molecule has 1 aromatic carbocycles. The number of likely N-dealkylation sites (tertiary alicyclic amines) is 1. The van der Waals surface area contributed by atoms with Crippen molar-refractivity contribution in [2.75, 3.05) is 13.1 Å². The maximum absolute atomic E-state index is 14.1. The second-order valence-corrected chi connectivity index (χ2v) is 6.92. The molecule has 0 aromatic heterocycles. The van der Waals surface area contributed by atoms with Gasteiger partial charge in [-0.05, 0) is 38.0 Å². The van der Waals surface area contributed by atoms with E-state index in [1.807, 2.05) is 26.8 Å². The molecule has 2 aliphatic rings. The van der Waals surface area contributed by atoms with Crippen molar-refractivity contribution in [1.82, 2.24) is 4.90 Å². The second-order valence-electron chi connectivity index (χ2n) is 6.92. The van der Waals surface area contributed by atoms with Crippen molar-refractivity contribution in [2.24, 2.45) is 11.7 Å². The Hall–Kier alpha value is -1.62. The smallest absolute Gasteiger partial charge is 0.410 e. The fourth-order valence-electron chi connectivity index (χ4n) is 3.44. The van der Waals surface area contributed by atoms with Gasteiger partial charge in [0, 0.05) is 31.0 Å². The van der Waals surface area contributed by atoms with Crippen LogP contribution in [0.3, 0.4) is 0 Å². The van der Waals surface area contributed by atoms with Gasteiger partial charge in [-0.3, -0.25) is 0 Å². The first-order valence-electron chi connectivity index (χ1n) is 7.30. The highest BCUT2D eigenvalue weighted by Gasteiger charge is 2.48. The Morgan fingerprint density at radius 3 is 2.76 bits per heavy atom. The van der Waals surface area contributed by atoms with Crippen LogP contribution >= 0.6 is 0 Å². The summed E-state index contributed by atoms with van der Waals surface area (Å²) in [6.07, 6.45) is -0.345. The van der Waals surface area contributed by atoms with Crippen molar-refractivity contribution >= 4 is 6.09 Å². The molecule has 1 fully saturated rings. The first kappa shape index (κ1) is 14.3. The molecule has 0 saturated carbocycles. The Bertz CT molecular complexity index is 582. The van der Waals surface area contributed by atoms with Gasteiger partial charge in [-0.1, -0.05) is 12.1 Å². The molecule has 21 heavy (non-hydrogen) atoms. The van der Waals surface area contributed by atoms with Crippen LogP contribution < -0.4 is 5.73 Å². The summed E-state index contributed by atoms with van der Waals surface area (Å²) in [6, 6.07) is 4.83. The molecule has 0 bridgehead atoms. The Kier molecular flexibility index (Phi) is 3.20. The normalized spacial score (nSPS) is 27.5. The number of benzene rings is 1. The van der Waals surface area contributed by atoms with Crippen molar-refractivity contribution in [3.8, 4) is 0 Å².